The number of H-pyrrole nitrogens is 1. The van der Waals surface area contributed by atoms with Gasteiger partial charge in [0.15, 0.2) is 0 Å². The predicted molar refractivity (Wildman–Crippen MR) is 71.1 cm³/mol. The highest BCUT2D eigenvalue weighted by Gasteiger charge is 2.28. The number of carboxylic acids is 1. The largest absolute Gasteiger partial charge is 0.477 e. The van der Waals surface area contributed by atoms with Crippen molar-refractivity contribution in [2.75, 3.05) is 7.05 Å². The summed E-state index contributed by atoms with van der Waals surface area (Å²) in [4.78, 5) is 24.7. The Labute approximate surface area is 116 Å². The lowest BCUT2D eigenvalue weighted by atomic mass is 10.2. The summed E-state index contributed by atoms with van der Waals surface area (Å²) >= 11 is 0. The van der Waals surface area contributed by atoms with Crippen LogP contribution < -0.4 is 10.0 Å². The Morgan fingerprint density at radius 1 is 1.30 bits per heavy atom. The minimum absolute atomic E-state index is 0.103. The molecule has 0 saturated heterocycles. The lowest BCUT2D eigenvalue weighted by Crippen LogP contribution is -2.43. The lowest BCUT2D eigenvalue weighted by molar-refractivity contribution is -0.121. The Morgan fingerprint density at radius 2 is 1.85 bits per heavy atom. The number of carboxylic acid groups (broad SMARTS) is 1. The van der Waals surface area contributed by atoms with Gasteiger partial charge < -0.3 is 15.4 Å². The van der Waals surface area contributed by atoms with Crippen molar-refractivity contribution in [3.8, 4) is 0 Å². The molecular formula is C11H17N3O5S. The van der Waals surface area contributed by atoms with Gasteiger partial charge in [0.2, 0.25) is 15.9 Å². The molecule has 0 aliphatic heterocycles. The number of rotatable bonds is 5. The van der Waals surface area contributed by atoms with E-state index >= 15 is 0 Å². The maximum absolute atomic E-state index is 12.2. The molecule has 0 aliphatic carbocycles. The van der Waals surface area contributed by atoms with Gasteiger partial charge in [0, 0.05) is 18.3 Å². The summed E-state index contributed by atoms with van der Waals surface area (Å²) in [5, 5.41) is 11.3. The minimum atomic E-state index is -3.99. The number of carbonyl (C=O) groups excluding carboxylic acids is 1. The highest BCUT2D eigenvalue weighted by atomic mass is 32.2. The van der Waals surface area contributed by atoms with E-state index in [0.29, 0.717) is 0 Å². The summed E-state index contributed by atoms with van der Waals surface area (Å²) in [7, 11) is -2.60. The summed E-state index contributed by atoms with van der Waals surface area (Å²) in [5.41, 5.74) is 0.124. The molecule has 0 fully saturated rings. The zero-order valence-corrected chi connectivity index (χ0v) is 12.4. The number of aromatic nitrogens is 1. The van der Waals surface area contributed by atoms with Crippen LogP contribution >= 0.6 is 0 Å². The van der Waals surface area contributed by atoms with Gasteiger partial charge in [-0.15, -0.1) is 0 Å². The molecule has 1 heterocycles. The number of amides is 1. The molecule has 4 N–H and O–H groups in total. The molecular weight excluding hydrogens is 286 g/mol. The van der Waals surface area contributed by atoms with Gasteiger partial charge in [-0.2, -0.15) is 4.72 Å². The molecule has 0 bridgehead atoms. The first-order chi connectivity index (χ1) is 9.11. The van der Waals surface area contributed by atoms with E-state index in [0.717, 1.165) is 0 Å². The monoisotopic (exact) mass is 303 g/mol. The quantitative estimate of drug-likeness (QED) is 0.596. The highest BCUT2D eigenvalue weighted by molar-refractivity contribution is 7.89. The van der Waals surface area contributed by atoms with Crippen molar-refractivity contribution >= 4 is 21.9 Å². The average molecular weight is 303 g/mol. The number of hydrogen-bond acceptors (Lipinski definition) is 4. The van der Waals surface area contributed by atoms with Crippen molar-refractivity contribution in [2.45, 2.75) is 31.7 Å². The van der Waals surface area contributed by atoms with Crippen LogP contribution in [0.15, 0.2) is 4.90 Å². The van der Waals surface area contributed by atoms with Crippen LogP contribution in [-0.4, -0.2) is 43.5 Å². The van der Waals surface area contributed by atoms with Gasteiger partial charge in [0.1, 0.15) is 10.6 Å². The van der Waals surface area contributed by atoms with Crippen LogP contribution in [0.25, 0.3) is 0 Å². The molecule has 0 aliphatic rings. The van der Waals surface area contributed by atoms with E-state index in [2.05, 4.69) is 15.0 Å². The van der Waals surface area contributed by atoms with Crippen molar-refractivity contribution in [1.82, 2.24) is 15.0 Å². The van der Waals surface area contributed by atoms with E-state index in [1.165, 1.54) is 27.8 Å². The maximum atomic E-state index is 12.2. The van der Waals surface area contributed by atoms with E-state index < -0.39 is 27.9 Å². The first kappa shape index (κ1) is 16.2. The average Bonchev–Trinajstić information content (AvgIpc) is 2.63. The van der Waals surface area contributed by atoms with Gasteiger partial charge in [-0.25, -0.2) is 13.2 Å². The molecule has 8 nitrogen and oxygen atoms in total. The van der Waals surface area contributed by atoms with Gasteiger partial charge in [-0.05, 0) is 20.8 Å². The molecule has 1 aromatic heterocycles. The Hall–Kier alpha value is -1.87. The number of hydrogen-bond donors (Lipinski definition) is 4. The van der Waals surface area contributed by atoms with Crippen molar-refractivity contribution < 1.29 is 23.1 Å². The van der Waals surface area contributed by atoms with Crippen LogP contribution in [0.2, 0.25) is 0 Å². The number of carbonyl (C=O) groups is 2. The number of aromatic carboxylic acids is 1. The second kappa shape index (κ2) is 5.63. The van der Waals surface area contributed by atoms with Gasteiger partial charge in [-0.3, -0.25) is 4.79 Å². The van der Waals surface area contributed by atoms with Crippen LogP contribution in [0, 0.1) is 13.8 Å². The zero-order chi connectivity index (χ0) is 15.7. The van der Waals surface area contributed by atoms with Crippen molar-refractivity contribution in [2.24, 2.45) is 0 Å². The third-order valence-electron chi connectivity index (χ3n) is 2.82. The smallest absolute Gasteiger partial charge is 0.352 e. The second-order valence-electron chi connectivity index (χ2n) is 4.34. The fourth-order valence-electron chi connectivity index (χ4n) is 1.91. The van der Waals surface area contributed by atoms with Gasteiger partial charge in [-0.1, -0.05) is 0 Å². The summed E-state index contributed by atoms with van der Waals surface area (Å²) in [6, 6.07) is -0.966. The topological polar surface area (TPSA) is 128 Å². The number of aromatic amines is 1. The molecule has 1 amide bonds. The molecule has 112 valence electrons. The fourth-order valence-corrected chi connectivity index (χ4v) is 3.56. The van der Waals surface area contributed by atoms with Crippen molar-refractivity contribution in [1.29, 1.82) is 0 Å². The van der Waals surface area contributed by atoms with E-state index in [1.54, 1.807) is 0 Å². The van der Waals surface area contributed by atoms with Gasteiger partial charge in [0.25, 0.3) is 0 Å². The van der Waals surface area contributed by atoms with Crippen LogP contribution in [0.3, 0.4) is 0 Å². The molecule has 0 spiro atoms. The standard InChI is InChI=1S/C11H17N3O5S/c1-5-8(11(16)17)13-6(2)9(5)20(18,19)14-7(3)10(15)12-4/h7,13-14H,1-4H3,(H,12,15)(H,16,17). The molecule has 20 heavy (non-hydrogen) atoms. The predicted octanol–water partition coefficient (Wildman–Crippen LogP) is -0.257. The maximum Gasteiger partial charge on any atom is 0.352 e. The SMILES string of the molecule is CNC(=O)C(C)NS(=O)(=O)c1c(C)[nH]c(C(=O)O)c1C. The summed E-state index contributed by atoms with van der Waals surface area (Å²) < 4.78 is 26.7. The van der Waals surface area contributed by atoms with Crippen LogP contribution in [0.1, 0.15) is 28.7 Å². The number of sulfonamides is 1. The Kier molecular flexibility index (Phi) is 4.56. The van der Waals surface area contributed by atoms with E-state index in [4.69, 9.17) is 5.11 Å². The summed E-state index contributed by atoms with van der Waals surface area (Å²) in [5.74, 6) is -1.73. The number of aryl methyl sites for hydroxylation is 1. The lowest BCUT2D eigenvalue weighted by Gasteiger charge is -2.13. The molecule has 1 aromatic rings. The molecule has 9 heteroatoms. The summed E-state index contributed by atoms with van der Waals surface area (Å²) in [6.07, 6.45) is 0. The normalized spacial score (nSPS) is 13.0. The van der Waals surface area contributed by atoms with Crippen molar-refractivity contribution in [3.63, 3.8) is 0 Å². The zero-order valence-electron chi connectivity index (χ0n) is 11.6. The molecule has 0 saturated carbocycles. The van der Waals surface area contributed by atoms with Crippen LogP contribution in [0.5, 0.6) is 0 Å². The van der Waals surface area contributed by atoms with Gasteiger partial charge >= 0.3 is 5.97 Å². The van der Waals surface area contributed by atoms with E-state index in [-0.39, 0.29) is 21.8 Å². The Morgan fingerprint density at radius 3 is 2.25 bits per heavy atom. The molecule has 0 radical (unpaired) electrons. The second-order valence-corrected chi connectivity index (χ2v) is 5.99. The Balaban J connectivity index is 3.23. The number of nitrogens with one attached hydrogen (secondary N) is 3. The molecule has 0 aromatic carbocycles. The molecule has 1 unspecified atom stereocenters. The van der Waals surface area contributed by atoms with E-state index in [9.17, 15) is 18.0 Å². The first-order valence-corrected chi connectivity index (χ1v) is 7.26. The molecule has 1 rings (SSSR count). The van der Waals surface area contributed by atoms with Crippen LogP contribution in [-0.2, 0) is 14.8 Å². The third-order valence-corrected chi connectivity index (χ3v) is 4.64. The fraction of sp³-hybridized carbons (Fsp3) is 0.455. The van der Waals surface area contributed by atoms with Gasteiger partial charge in [0.05, 0.1) is 6.04 Å². The third kappa shape index (κ3) is 2.99. The Bertz CT molecular complexity index is 647. The molecule has 1 atom stereocenters. The van der Waals surface area contributed by atoms with E-state index in [1.807, 2.05) is 0 Å². The summed E-state index contributed by atoms with van der Waals surface area (Å²) in [6.45, 7) is 4.25. The van der Waals surface area contributed by atoms with Crippen molar-refractivity contribution in [3.05, 3.63) is 17.0 Å². The first-order valence-electron chi connectivity index (χ1n) is 5.78. The minimum Gasteiger partial charge on any atom is -0.477 e. The highest BCUT2D eigenvalue weighted by Crippen LogP contribution is 2.23. The van der Waals surface area contributed by atoms with Crippen LogP contribution in [0.4, 0.5) is 0 Å². The number of likely N-dealkylation sites (N-methyl/N-ethyl adjacent to an activating group) is 1.